The van der Waals surface area contributed by atoms with Gasteiger partial charge in [-0.05, 0) is 12.8 Å². The molecule has 0 N–H and O–H groups in total. The highest BCUT2D eigenvalue weighted by Crippen LogP contribution is 2.39. The summed E-state index contributed by atoms with van der Waals surface area (Å²) in [6.07, 6.45) is 4.54. The van der Waals surface area contributed by atoms with E-state index >= 15 is 0 Å². The van der Waals surface area contributed by atoms with Crippen molar-refractivity contribution in [3.63, 3.8) is 0 Å². The number of hydrogen-bond acceptors (Lipinski definition) is 1. The molecule has 1 aliphatic carbocycles. The number of hydrogen-bond donors (Lipinski definition) is 0. The van der Waals surface area contributed by atoms with E-state index in [0.29, 0.717) is 5.33 Å². The van der Waals surface area contributed by atoms with Gasteiger partial charge >= 0.3 is 0 Å². The molecule has 7 heteroatoms. The Kier molecular flexibility index (Phi) is 5.11. The molecule has 0 heterocycles. The molecule has 118 valence electrons. The quantitative estimate of drug-likeness (QED) is 0.309. The van der Waals surface area contributed by atoms with Crippen LogP contribution < -0.4 is 4.74 Å². The van der Waals surface area contributed by atoms with E-state index in [1.54, 1.807) is 0 Å². The average Bonchev–Trinajstić information content (AvgIpc) is 2.52. The molecule has 1 saturated carbocycles. The standard InChI is InChI=1S/C14H14BrF5O/c15-6-14(4-2-1-3-5-14)7-21-13-11(19)9(17)8(16)10(18)12(13)20/h1-7H2. The smallest absolute Gasteiger partial charge is 0.206 e. The molecule has 0 bridgehead atoms. The van der Waals surface area contributed by atoms with Gasteiger partial charge in [-0.2, -0.15) is 8.78 Å². The average molecular weight is 373 g/mol. The second-order valence-corrected chi connectivity index (χ2v) is 5.94. The van der Waals surface area contributed by atoms with Gasteiger partial charge in [0.05, 0.1) is 6.61 Å². The minimum absolute atomic E-state index is 0.0867. The van der Waals surface area contributed by atoms with Crippen molar-refractivity contribution in [3.8, 4) is 5.75 Å². The Morgan fingerprint density at radius 1 is 0.810 bits per heavy atom. The van der Waals surface area contributed by atoms with Crippen molar-refractivity contribution < 1.29 is 26.7 Å². The fourth-order valence-corrected chi connectivity index (χ4v) is 3.28. The maximum Gasteiger partial charge on any atom is 0.206 e. The summed E-state index contributed by atoms with van der Waals surface area (Å²) in [4.78, 5) is 0. The van der Waals surface area contributed by atoms with Crippen LogP contribution in [-0.2, 0) is 0 Å². The van der Waals surface area contributed by atoms with Crippen LogP contribution in [0.25, 0.3) is 0 Å². The van der Waals surface area contributed by atoms with Crippen LogP contribution in [0.2, 0.25) is 0 Å². The second kappa shape index (κ2) is 6.50. The van der Waals surface area contributed by atoms with Crippen LogP contribution in [0, 0.1) is 34.5 Å². The molecule has 0 aromatic heterocycles. The lowest BCUT2D eigenvalue weighted by Crippen LogP contribution is -2.33. The normalized spacial score (nSPS) is 17.8. The van der Waals surface area contributed by atoms with E-state index in [0.717, 1.165) is 32.1 Å². The first-order valence-corrected chi connectivity index (χ1v) is 7.74. The Bertz CT molecular complexity index is 500. The highest BCUT2D eigenvalue weighted by atomic mass is 79.9. The van der Waals surface area contributed by atoms with Crippen molar-refractivity contribution in [1.29, 1.82) is 0 Å². The lowest BCUT2D eigenvalue weighted by atomic mass is 9.76. The van der Waals surface area contributed by atoms with E-state index in [1.807, 2.05) is 0 Å². The fraction of sp³-hybridized carbons (Fsp3) is 0.571. The molecule has 0 unspecified atom stereocenters. The van der Waals surface area contributed by atoms with Gasteiger partial charge in [-0.1, -0.05) is 35.2 Å². The van der Waals surface area contributed by atoms with Crippen LogP contribution in [0.4, 0.5) is 22.0 Å². The van der Waals surface area contributed by atoms with Crippen LogP contribution in [0.15, 0.2) is 0 Å². The van der Waals surface area contributed by atoms with Gasteiger partial charge in [-0.15, -0.1) is 0 Å². The molecular formula is C14H14BrF5O. The SMILES string of the molecule is Fc1c(F)c(F)c(OCC2(CBr)CCCCC2)c(F)c1F. The Morgan fingerprint density at radius 2 is 1.29 bits per heavy atom. The molecule has 1 aliphatic rings. The lowest BCUT2D eigenvalue weighted by molar-refractivity contribution is 0.112. The topological polar surface area (TPSA) is 9.23 Å². The van der Waals surface area contributed by atoms with Crippen molar-refractivity contribution in [3.05, 3.63) is 29.1 Å². The van der Waals surface area contributed by atoms with Gasteiger partial charge in [0.25, 0.3) is 0 Å². The summed E-state index contributed by atoms with van der Waals surface area (Å²) in [5.41, 5.74) is -0.335. The number of rotatable bonds is 4. The van der Waals surface area contributed by atoms with Crippen LogP contribution in [0.5, 0.6) is 5.75 Å². The van der Waals surface area contributed by atoms with Crippen LogP contribution in [0.1, 0.15) is 32.1 Å². The van der Waals surface area contributed by atoms with Crippen molar-refractivity contribution in [2.45, 2.75) is 32.1 Å². The predicted molar refractivity (Wildman–Crippen MR) is 71.0 cm³/mol. The largest absolute Gasteiger partial charge is 0.487 e. The Balaban J connectivity index is 2.24. The Morgan fingerprint density at radius 3 is 1.76 bits per heavy atom. The summed E-state index contributed by atoms with van der Waals surface area (Å²) in [5, 5.41) is 0.551. The van der Waals surface area contributed by atoms with Crippen molar-refractivity contribution in [2.75, 3.05) is 11.9 Å². The first-order chi connectivity index (χ1) is 9.92. The summed E-state index contributed by atoms with van der Waals surface area (Å²) in [6.45, 7) is -0.0867. The highest BCUT2D eigenvalue weighted by Gasteiger charge is 2.34. The molecule has 0 spiro atoms. The summed E-state index contributed by atoms with van der Waals surface area (Å²) in [6, 6.07) is 0. The van der Waals surface area contributed by atoms with Crippen LogP contribution >= 0.6 is 15.9 Å². The molecule has 2 rings (SSSR count). The molecule has 1 aromatic carbocycles. The van der Waals surface area contributed by atoms with E-state index in [-0.39, 0.29) is 12.0 Å². The number of benzene rings is 1. The molecule has 21 heavy (non-hydrogen) atoms. The minimum atomic E-state index is -2.18. The van der Waals surface area contributed by atoms with Crippen molar-refractivity contribution in [2.24, 2.45) is 5.41 Å². The fourth-order valence-electron chi connectivity index (χ4n) is 2.56. The van der Waals surface area contributed by atoms with Gasteiger partial charge in [-0.25, -0.2) is 13.2 Å². The van der Waals surface area contributed by atoms with Gasteiger partial charge in [-0.3, -0.25) is 0 Å². The molecule has 0 atom stereocenters. The molecule has 0 aliphatic heterocycles. The highest BCUT2D eigenvalue weighted by molar-refractivity contribution is 9.09. The van der Waals surface area contributed by atoms with Crippen LogP contribution in [0.3, 0.4) is 0 Å². The molecule has 0 radical (unpaired) electrons. The second-order valence-electron chi connectivity index (χ2n) is 5.38. The number of ether oxygens (including phenoxy) is 1. The summed E-state index contributed by atoms with van der Waals surface area (Å²) < 4.78 is 71.2. The lowest BCUT2D eigenvalue weighted by Gasteiger charge is -2.35. The summed E-state index contributed by atoms with van der Waals surface area (Å²) in [5.74, 6) is -11.2. The predicted octanol–water partition coefficient (Wildman–Crippen LogP) is 5.11. The molecule has 1 aromatic rings. The van der Waals surface area contributed by atoms with Gasteiger partial charge in [0.2, 0.25) is 29.1 Å². The van der Waals surface area contributed by atoms with E-state index < -0.39 is 34.8 Å². The zero-order valence-corrected chi connectivity index (χ0v) is 12.7. The third kappa shape index (κ3) is 3.17. The monoisotopic (exact) mass is 372 g/mol. The first kappa shape index (κ1) is 16.5. The van der Waals surface area contributed by atoms with E-state index in [2.05, 4.69) is 15.9 Å². The molecule has 0 amide bonds. The number of halogens is 6. The van der Waals surface area contributed by atoms with Crippen molar-refractivity contribution >= 4 is 15.9 Å². The van der Waals surface area contributed by atoms with Gasteiger partial charge in [0, 0.05) is 10.7 Å². The summed E-state index contributed by atoms with van der Waals surface area (Å²) >= 11 is 3.34. The Labute approximate surface area is 127 Å². The zero-order chi connectivity index (χ0) is 15.6. The maximum absolute atomic E-state index is 13.5. The van der Waals surface area contributed by atoms with Crippen molar-refractivity contribution in [1.82, 2.24) is 0 Å². The minimum Gasteiger partial charge on any atom is -0.487 e. The van der Waals surface area contributed by atoms with E-state index in [4.69, 9.17) is 4.74 Å². The van der Waals surface area contributed by atoms with Crippen LogP contribution in [-0.4, -0.2) is 11.9 Å². The third-order valence-electron chi connectivity index (χ3n) is 3.89. The van der Waals surface area contributed by atoms with Gasteiger partial charge in [0.15, 0.2) is 5.75 Å². The third-order valence-corrected chi connectivity index (χ3v) is 5.08. The van der Waals surface area contributed by atoms with E-state index in [1.165, 1.54) is 0 Å². The molecule has 1 fully saturated rings. The first-order valence-electron chi connectivity index (χ1n) is 6.62. The maximum atomic E-state index is 13.5. The summed E-state index contributed by atoms with van der Waals surface area (Å²) in [7, 11) is 0. The molecule has 0 saturated heterocycles. The van der Waals surface area contributed by atoms with Gasteiger partial charge < -0.3 is 4.74 Å². The number of alkyl halides is 1. The van der Waals surface area contributed by atoms with E-state index in [9.17, 15) is 22.0 Å². The van der Waals surface area contributed by atoms with Gasteiger partial charge in [0.1, 0.15) is 0 Å². The molecule has 1 nitrogen and oxygen atoms in total. The Hall–Kier alpha value is -0.850. The zero-order valence-electron chi connectivity index (χ0n) is 11.1. The molecular weight excluding hydrogens is 359 g/mol.